The Hall–Kier alpha value is 0.230. The number of alkyl halides is 2. The Morgan fingerprint density at radius 3 is 2.41 bits per heavy atom. The molecule has 0 aliphatic rings. The molecule has 0 saturated heterocycles. The molecule has 94 valence electrons. The highest BCUT2D eigenvalue weighted by Gasteiger charge is 2.25. The molecule has 0 radical (unpaired) electrons. The van der Waals surface area contributed by atoms with Crippen molar-refractivity contribution in [3.63, 3.8) is 0 Å². The van der Waals surface area contributed by atoms with Gasteiger partial charge in [-0.05, 0) is 41.1 Å². The van der Waals surface area contributed by atoms with Crippen LogP contribution in [0, 0.1) is 0 Å². The van der Waals surface area contributed by atoms with E-state index in [-0.39, 0.29) is 17.7 Å². The summed E-state index contributed by atoms with van der Waals surface area (Å²) in [4.78, 5) is 12.0. The minimum absolute atomic E-state index is 0.201. The summed E-state index contributed by atoms with van der Waals surface area (Å²) in [5.41, 5.74) is -0.0538. The molecule has 0 spiro atoms. The fourth-order valence-corrected chi connectivity index (χ4v) is 2.76. The molecule has 1 N–H and O–H groups in total. The van der Waals surface area contributed by atoms with E-state index >= 15 is 0 Å². The maximum Gasteiger partial charge on any atom is 0.252 e. The van der Waals surface area contributed by atoms with Gasteiger partial charge in [0.2, 0.25) is 0 Å². The number of carbonyl (C=O) groups is 1. The van der Waals surface area contributed by atoms with Crippen LogP contribution in [0.3, 0.4) is 0 Å². The number of hydrogen-bond acceptors (Lipinski definition) is 1. The first-order valence-electron chi connectivity index (χ1n) is 4.81. The first-order valence-corrected chi connectivity index (χ1v) is 7.47. The lowest BCUT2D eigenvalue weighted by Gasteiger charge is -2.26. The predicted molar refractivity (Wildman–Crippen MR) is 79.2 cm³/mol. The zero-order chi connectivity index (χ0) is 13.1. The molecule has 0 saturated carbocycles. The second-order valence-corrected chi connectivity index (χ2v) is 6.21. The number of hydrogen-bond donors (Lipinski definition) is 1. The summed E-state index contributed by atoms with van der Waals surface area (Å²) in [6.45, 7) is 1.80. The van der Waals surface area contributed by atoms with Crippen LogP contribution in [-0.2, 0) is 0 Å². The van der Waals surface area contributed by atoms with E-state index in [2.05, 4.69) is 37.2 Å². The summed E-state index contributed by atoms with van der Waals surface area (Å²) >= 11 is 18.2. The van der Waals surface area contributed by atoms with Gasteiger partial charge in [0, 0.05) is 20.7 Å². The van der Waals surface area contributed by atoms with Gasteiger partial charge < -0.3 is 5.32 Å². The molecule has 2 nitrogen and oxygen atoms in total. The van der Waals surface area contributed by atoms with Crippen LogP contribution in [0.1, 0.15) is 17.3 Å². The van der Waals surface area contributed by atoms with E-state index in [0.717, 1.165) is 8.95 Å². The Balaban J connectivity index is 2.90. The lowest BCUT2D eigenvalue weighted by molar-refractivity contribution is 0.0920. The van der Waals surface area contributed by atoms with Crippen molar-refractivity contribution in [2.24, 2.45) is 0 Å². The molecule has 0 heterocycles. The molecular weight excluding hydrogens is 393 g/mol. The standard InChI is InChI=1S/C11H11Br2Cl2NO/c1-11(5-14,6-15)16-10(17)8-3-2-7(12)4-9(8)13/h2-4H,5-6H2,1H3,(H,16,17). The fraction of sp³-hybridized carbons (Fsp3) is 0.364. The van der Waals surface area contributed by atoms with Gasteiger partial charge in [-0.3, -0.25) is 4.79 Å². The normalized spacial score (nSPS) is 11.4. The molecular formula is C11H11Br2Cl2NO. The van der Waals surface area contributed by atoms with Gasteiger partial charge >= 0.3 is 0 Å². The van der Waals surface area contributed by atoms with Crippen molar-refractivity contribution in [1.82, 2.24) is 5.32 Å². The average Bonchev–Trinajstić information content (AvgIpc) is 2.28. The zero-order valence-corrected chi connectivity index (χ0v) is 13.8. The van der Waals surface area contributed by atoms with Crippen molar-refractivity contribution in [2.45, 2.75) is 12.5 Å². The molecule has 1 aromatic rings. The molecule has 0 aromatic heterocycles. The number of amides is 1. The van der Waals surface area contributed by atoms with Crippen molar-refractivity contribution in [2.75, 3.05) is 11.8 Å². The summed E-state index contributed by atoms with van der Waals surface area (Å²) in [7, 11) is 0. The van der Waals surface area contributed by atoms with E-state index in [9.17, 15) is 4.79 Å². The molecule has 0 atom stereocenters. The Labute approximate surface area is 127 Å². The second-order valence-electron chi connectivity index (χ2n) is 3.91. The van der Waals surface area contributed by atoms with Crippen LogP contribution >= 0.6 is 55.1 Å². The molecule has 0 aliphatic heterocycles. The zero-order valence-electron chi connectivity index (χ0n) is 9.07. The Morgan fingerprint density at radius 1 is 1.35 bits per heavy atom. The highest BCUT2D eigenvalue weighted by Crippen LogP contribution is 2.22. The minimum atomic E-state index is -0.604. The van der Waals surface area contributed by atoms with Crippen molar-refractivity contribution >= 4 is 61.0 Å². The Morgan fingerprint density at radius 2 is 1.94 bits per heavy atom. The van der Waals surface area contributed by atoms with Gasteiger partial charge in [0.25, 0.3) is 5.91 Å². The molecule has 17 heavy (non-hydrogen) atoms. The first kappa shape index (κ1) is 15.3. The van der Waals surface area contributed by atoms with Crippen molar-refractivity contribution < 1.29 is 4.79 Å². The van der Waals surface area contributed by atoms with Gasteiger partial charge in [-0.15, -0.1) is 23.2 Å². The van der Waals surface area contributed by atoms with Gasteiger partial charge in [-0.1, -0.05) is 15.9 Å². The van der Waals surface area contributed by atoms with Crippen LogP contribution < -0.4 is 5.32 Å². The summed E-state index contributed by atoms with van der Waals surface area (Å²) in [6.07, 6.45) is 0. The van der Waals surface area contributed by atoms with Gasteiger partial charge in [-0.25, -0.2) is 0 Å². The Kier molecular flexibility index (Phi) is 5.77. The maximum atomic E-state index is 12.0. The molecule has 6 heteroatoms. The van der Waals surface area contributed by atoms with E-state index in [4.69, 9.17) is 23.2 Å². The van der Waals surface area contributed by atoms with Gasteiger partial charge in [0.15, 0.2) is 0 Å². The van der Waals surface area contributed by atoms with Crippen LogP contribution in [0.15, 0.2) is 27.1 Å². The van der Waals surface area contributed by atoms with E-state index in [1.807, 2.05) is 6.07 Å². The van der Waals surface area contributed by atoms with Crippen LogP contribution in [0.4, 0.5) is 0 Å². The lowest BCUT2D eigenvalue weighted by Crippen LogP contribution is -2.49. The van der Waals surface area contributed by atoms with Crippen LogP contribution in [0.25, 0.3) is 0 Å². The number of halogens is 4. The smallest absolute Gasteiger partial charge is 0.252 e. The second kappa shape index (κ2) is 6.41. The largest absolute Gasteiger partial charge is 0.344 e. The SMILES string of the molecule is CC(CCl)(CCl)NC(=O)c1ccc(Br)cc1Br. The molecule has 0 unspecified atom stereocenters. The number of carbonyl (C=O) groups excluding carboxylic acids is 1. The lowest BCUT2D eigenvalue weighted by atomic mass is 10.1. The third-order valence-corrected chi connectivity index (χ3v) is 4.51. The van der Waals surface area contributed by atoms with Gasteiger partial charge in [0.05, 0.1) is 11.1 Å². The number of benzene rings is 1. The Bertz CT molecular complexity index is 422. The number of nitrogens with one attached hydrogen (secondary N) is 1. The van der Waals surface area contributed by atoms with Crippen molar-refractivity contribution in [3.8, 4) is 0 Å². The summed E-state index contributed by atoms with van der Waals surface area (Å²) < 4.78 is 1.62. The molecule has 0 fully saturated rings. The van der Waals surface area contributed by atoms with Crippen molar-refractivity contribution in [1.29, 1.82) is 0 Å². The highest BCUT2D eigenvalue weighted by molar-refractivity contribution is 9.11. The van der Waals surface area contributed by atoms with Gasteiger partial charge in [0.1, 0.15) is 0 Å². The van der Waals surface area contributed by atoms with Crippen LogP contribution in [0.5, 0.6) is 0 Å². The van der Waals surface area contributed by atoms with E-state index in [1.165, 1.54) is 0 Å². The summed E-state index contributed by atoms with van der Waals surface area (Å²) in [6, 6.07) is 5.35. The van der Waals surface area contributed by atoms with Gasteiger partial charge in [-0.2, -0.15) is 0 Å². The van der Waals surface area contributed by atoms with Crippen LogP contribution in [0.2, 0.25) is 0 Å². The van der Waals surface area contributed by atoms with E-state index in [0.29, 0.717) is 5.56 Å². The quantitative estimate of drug-likeness (QED) is 0.751. The monoisotopic (exact) mass is 401 g/mol. The fourth-order valence-electron chi connectivity index (χ4n) is 1.12. The van der Waals surface area contributed by atoms with E-state index < -0.39 is 5.54 Å². The number of rotatable bonds is 4. The first-order chi connectivity index (χ1) is 7.91. The molecule has 1 aromatic carbocycles. The third kappa shape index (κ3) is 4.12. The molecule has 0 bridgehead atoms. The topological polar surface area (TPSA) is 29.1 Å². The molecule has 1 amide bonds. The average molecular weight is 404 g/mol. The van der Waals surface area contributed by atoms with E-state index in [1.54, 1.807) is 19.1 Å². The summed E-state index contributed by atoms with van der Waals surface area (Å²) in [5, 5.41) is 2.82. The summed E-state index contributed by atoms with van der Waals surface area (Å²) in [5.74, 6) is 0.320. The highest BCUT2D eigenvalue weighted by atomic mass is 79.9. The predicted octanol–water partition coefficient (Wildman–Crippen LogP) is 4.18. The van der Waals surface area contributed by atoms with Crippen molar-refractivity contribution in [3.05, 3.63) is 32.7 Å². The third-order valence-electron chi connectivity index (χ3n) is 2.18. The molecule has 1 rings (SSSR count). The minimum Gasteiger partial charge on any atom is -0.344 e. The maximum absolute atomic E-state index is 12.0. The van der Waals surface area contributed by atoms with Crippen LogP contribution in [-0.4, -0.2) is 23.2 Å². The molecule has 0 aliphatic carbocycles.